The normalized spacial score (nSPS) is 32.8. The number of anilines is 1. The van der Waals surface area contributed by atoms with Crippen molar-refractivity contribution in [1.82, 2.24) is 9.62 Å². The van der Waals surface area contributed by atoms with Crippen LogP contribution in [-0.4, -0.2) is 84.0 Å². The zero-order valence-corrected chi connectivity index (χ0v) is 29.2. The third-order valence-corrected chi connectivity index (χ3v) is 13.2. The van der Waals surface area contributed by atoms with Crippen molar-refractivity contribution in [2.45, 2.75) is 63.1 Å². The monoisotopic (exact) mass is 696 g/mol. The van der Waals surface area contributed by atoms with E-state index in [0.29, 0.717) is 45.0 Å². The van der Waals surface area contributed by atoms with Crippen LogP contribution in [0, 0.1) is 17.8 Å². The molecule has 3 amide bonds. The van der Waals surface area contributed by atoms with Crippen LogP contribution in [0.3, 0.4) is 0 Å². The first kappa shape index (κ1) is 33.4. The number of nitrogens with one attached hydrogen (secondary N) is 1. The largest absolute Gasteiger partial charge is 0.490 e. The van der Waals surface area contributed by atoms with E-state index in [1.165, 1.54) is 16.0 Å². The summed E-state index contributed by atoms with van der Waals surface area (Å²) in [4.78, 5) is 30.8. The van der Waals surface area contributed by atoms with Crippen LogP contribution in [-0.2, 0) is 26.5 Å². The number of fused-ring (bicyclic) bond motifs is 4. The summed E-state index contributed by atoms with van der Waals surface area (Å²) in [6.45, 7) is 4.54. The number of halogens is 1. The fourth-order valence-electron chi connectivity index (χ4n) is 8.09. The predicted octanol–water partition coefficient (Wildman–Crippen LogP) is 5.36. The van der Waals surface area contributed by atoms with E-state index in [1.54, 1.807) is 19.2 Å². The Morgan fingerprint density at radius 3 is 2.79 bits per heavy atom. The lowest BCUT2D eigenvalue weighted by Crippen LogP contribution is -2.58. The molecule has 2 N–H and O–H groups in total. The van der Waals surface area contributed by atoms with Crippen LogP contribution in [0.4, 0.5) is 10.5 Å². The van der Waals surface area contributed by atoms with Gasteiger partial charge in [0.2, 0.25) is 0 Å². The van der Waals surface area contributed by atoms with Gasteiger partial charge in [0.25, 0.3) is 5.91 Å². The number of carbonyl (C=O) groups excluding carboxylic acids is 2. The Morgan fingerprint density at radius 1 is 1.19 bits per heavy atom. The lowest BCUT2D eigenvalue weighted by Gasteiger charge is -2.45. The first-order chi connectivity index (χ1) is 23.0. The molecule has 2 fully saturated rings. The summed E-state index contributed by atoms with van der Waals surface area (Å²) in [5.41, 5.74) is 3.28. The number of ether oxygens (including phenoxy) is 2. The number of urea groups is 1. The Bertz CT molecular complexity index is 1740. The van der Waals surface area contributed by atoms with Gasteiger partial charge in [0.1, 0.15) is 15.7 Å². The lowest BCUT2D eigenvalue weighted by molar-refractivity contribution is -0.00645. The number of carbonyl (C=O) groups is 2. The smallest absolute Gasteiger partial charge is 0.330 e. The molecule has 1 saturated carbocycles. The van der Waals surface area contributed by atoms with Crippen LogP contribution in [0.5, 0.6) is 5.75 Å². The highest BCUT2D eigenvalue weighted by molar-refractivity contribution is 7.92. The summed E-state index contributed by atoms with van der Waals surface area (Å²) < 4.78 is 33.0. The van der Waals surface area contributed by atoms with Crippen molar-refractivity contribution in [3.8, 4) is 5.75 Å². The molecule has 3 aliphatic heterocycles. The third-order valence-electron chi connectivity index (χ3n) is 11.0. The number of nitrogens with zero attached hydrogens (tertiary/aromatic N) is 3. The summed E-state index contributed by atoms with van der Waals surface area (Å²) >= 11 is 6.42. The SMILES string of the molecule is COC1CN(C(=O)NS2(=O)=NC(=O)c3ccc4c(c3)N(C[C@@H]3CC[C@H]3[C@@H](O)/C=C\C[C@H](C)C2)C[C@@]2(CCCc3cc(Cl)ccc32)CO4)C1. The molecule has 1 unspecified atom stereocenters. The number of likely N-dealkylation sites (tertiary alicyclic amines) is 1. The maximum atomic E-state index is 14.3. The Balaban J connectivity index is 1.27. The molecular formula is C36H45ClN4O6S. The minimum atomic E-state index is -3.49. The number of aliphatic hydroxyl groups excluding tert-OH is 1. The van der Waals surface area contributed by atoms with Crippen molar-refractivity contribution in [3.63, 3.8) is 0 Å². The second-order valence-electron chi connectivity index (χ2n) is 14.4. The second-order valence-corrected chi connectivity index (χ2v) is 16.9. The molecule has 10 nitrogen and oxygen atoms in total. The summed E-state index contributed by atoms with van der Waals surface area (Å²) in [5.74, 6) is 0.223. The van der Waals surface area contributed by atoms with E-state index < -0.39 is 28.0 Å². The van der Waals surface area contributed by atoms with Gasteiger partial charge in [-0.1, -0.05) is 36.7 Å². The Kier molecular flexibility index (Phi) is 9.25. The number of benzene rings is 2. The van der Waals surface area contributed by atoms with Gasteiger partial charge in [-0.25, -0.2) is 9.00 Å². The highest BCUT2D eigenvalue weighted by Crippen LogP contribution is 2.46. The van der Waals surface area contributed by atoms with Crippen LogP contribution < -0.4 is 14.4 Å². The minimum absolute atomic E-state index is 0.00929. The van der Waals surface area contributed by atoms with Crippen molar-refractivity contribution in [2.75, 3.05) is 50.5 Å². The quantitative estimate of drug-likeness (QED) is 0.406. The fraction of sp³-hybridized carbons (Fsp3) is 0.556. The van der Waals surface area contributed by atoms with Crippen molar-refractivity contribution < 1.29 is 28.4 Å². The highest BCUT2D eigenvalue weighted by atomic mass is 35.5. The maximum absolute atomic E-state index is 14.3. The summed E-state index contributed by atoms with van der Waals surface area (Å²) in [7, 11) is -1.90. The van der Waals surface area contributed by atoms with E-state index in [9.17, 15) is 18.9 Å². The average molecular weight is 697 g/mol. The van der Waals surface area contributed by atoms with Gasteiger partial charge in [-0.3, -0.25) is 9.52 Å². The van der Waals surface area contributed by atoms with Gasteiger partial charge in [0.05, 0.1) is 43.3 Å². The average Bonchev–Trinajstić information content (AvgIpc) is 3.14. The van der Waals surface area contributed by atoms with Gasteiger partial charge in [-0.2, -0.15) is 0 Å². The van der Waals surface area contributed by atoms with Crippen molar-refractivity contribution in [2.24, 2.45) is 22.1 Å². The molecule has 1 saturated heterocycles. The topological polar surface area (TPSA) is 121 Å². The van der Waals surface area contributed by atoms with E-state index in [2.05, 4.69) is 26.1 Å². The van der Waals surface area contributed by atoms with Crippen LogP contribution in [0.15, 0.2) is 52.9 Å². The minimum Gasteiger partial charge on any atom is -0.490 e. The molecule has 0 aromatic heterocycles. The highest BCUT2D eigenvalue weighted by Gasteiger charge is 2.44. The number of allylic oxidation sites excluding steroid dienone is 1. The molecule has 0 radical (unpaired) electrons. The summed E-state index contributed by atoms with van der Waals surface area (Å²) in [5, 5.41) is 12.0. The Labute approximate surface area is 288 Å². The molecule has 2 aliphatic carbocycles. The third kappa shape index (κ3) is 6.58. The Hall–Kier alpha value is -3.12. The van der Waals surface area contributed by atoms with E-state index in [1.807, 2.05) is 31.2 Å². The molecule has 2 bridgehead atoms. The van der Waals surface area contributed by atoms with Crippen molar-refractivity contribution in [1.29, 1.82) is 0 Å². The van der Waals surface area contributed by atoms with Gasteiger partial charge < -0.3 is 24.4 Å². The molecule has 258 valence electrons. The molecule has 5 aliphatic rings. The van der Waals surface area contributed by atoms with E-state index in [-0.39, 0.29) is 40.6 Å². The number of hydrogen-bond acceptors (Lipinski definition) is 7. The summed E-state index contributed by atoms with van der Waals surface area (Å²) in [6.07, 6.45) is 8.52. The van der Waals surface area contributed by atoms with Gasteiger partial charge in [0.15, 0.2) is 0 Å². The van der Waals surface area contributed by atoms with Gasteiger partial charge in [-0.05, 0) is 97.7 Å². The number of hydrogen-bond donors (Lipinski definition) is 2. The van der Waals surface area contributed by atoms with Crippen molar-refractivity contribution >= 4 is 39.1 Å². The van der Waals surface area contributed by atoms with E-state index in [0.717, 1.165) is 42.8 Å². The zero-order chi connectivity index (χ0) is 33.6. The molecule has 2 aromatic rings. The first-order valence-electron chi connectivity index (χ1n) is 17.1. The van der Waals surface area contributed by atoms with E-state index >= 15 is 0 Å². The predicted molar refractivity (Wildman–Crippen MR) is 186 cm³/mol. The summed E-state index contributed by atoms with van der Waals surface area (Å²) in [6, 6.07) is 10.9. The first-order valence-corrected chi connectivity index (χ1v) is 19.1. The molecule has 3 heterocycles. The van der Waals surface area contributed by atoms with E-state index in [4.69, 9.17) is 21.1 Å². The van der Waals surface area contributed by atoms with Gasteiger partial charge >= 0.3 is 6.03 Å². The van der Waals surface area contributed by atoms with Crippen LogP contribution in [0.25, 0.3) is 0 Å². The van der Waals surface area contributed by atoms with Gasteiger partial charge in [0, 0.05) is 36.2 Å². The maximum Gasteiger partial charge on any atom is 0.330 e. The molecule has 7 rings (SSSR count). The number of aryl methyl sites for hydroxylation is 1. The zero-order valence-electron chi connectivity index (χ0n) is 27.6. The van der Waals surface area contributed by atoms with Crippen molar-refractivity contribution in [3.05, 3.63) is 70.3 Å². The molecule has 1 spiro atoms. The number of methoxy groups -OCH3 is 1. The van der Waals surface area contributed by atoms with Gasteiger partial charge in [-0.15, -0.1) is 4.36 Å². The second kappa shape index (κ2) is 13.3. The molecule has 48 heavy (non-hydrogen) atoms. The van der Waals surface area contributed by atoms with Crippen LogP contribution in [0.1, 0.15) is 60.5 Å². The molecular weight excluding hydrogens is 652 g/mol. The molecule has 2 aromatic carbocycles. The number of aliphatic hydroxyl groups is 1. The lowest BCUT2D eigenvalue weighted by atomic mass is 9.68. The Morgan fingerprint density at radius 2 is 2.02 bits per heavy atom. The number of rotatable bonds is 2. The van der Waals surface area contributed by atoms with Crippen LogP contribution >= 0.6 is 11.6 Å². The number of amides is 3. The fourth-order valence-corrected chi connectivity index (χ4v) is 10.2. The standard InChI is InChI=1S/C36H45ClN4O6S/c1-23-5-3-7-32(42)29-11-8-26(29)17-41-21-36(14-4-6-24-15-27(37)10-12-30(24)36)22-47-33-13-9-25(16-31(33)41)34(43)38-48(45,20-23)39-35(44)40-18-28(19-40)46-2/h3,7,9-10,12-13,15-16,23,26,28-29,32,42H,4-6,8,11,14,17-22H2,1-2H3,(H,38,39,43,44,45)/b7-3-/t23-,26-,29+,32-,36-,48?/m0/s1. The molecule has 6 atom stereocenters. The van der Waals surface area contributed by atoms with Crippen LogP contribution in [0.2, 0.25) is 5.02 Å². The molecule has 12 heteroatoms.